The first-order valence-electron chi connectivity index (χ1n) is 8.23. The van der Waals surface area contributed by atoms with Crippen LogP contribution in [0.5, 0.6) is 0 Å². The van der Waals surface area contributed by atoms with Crippen LogP contribution in [0.15, 0.2) is 0 Å². The Morgan fingerprint density at radius 1 is 0.632 bits per heavy atom. The zero-order valence-electron chi connectivity index (χ0n) is 13.4. The van der Waals surface area contributed by atoms with Crippen LogP contribution < -0.4 is 0 Å². The lowest BCUT2D eigenvalue weighted by Crippen LogP contribution is -2.51. The van der Waals surface area contributed by atoms with Crippen molar-refractivity contribution in [1.82, 2.24) is 0 Å². The van der Waals surface area contributed by atoms with Crippen LogP contribution in [0.3, 0.4) is 0 Å². The van der Waals surface area contributed by atoms with E-state index in [-0.39, 0.29) is 11.2 Å². The van der Waals surface area contributed by atoms with Crippen molar-refractivity contribution in [2.75, 3.05) is 0 Å². The predicted molar refractivity (Wildman–Crippen MR) is 82.6 cm³/mol. The van der Waals surface area contributed by atoms with Crippen molar-refractivity contribution in [2.24, 2.45) is 0 Å². The Bertz CT molecular complexity index is 261. The Morgan fingerprint density at radius 3 is 1.26 bits per heavy atom. The standard InChI is InChI=1S/C16H32O2Si/c1-15(11-7-5-8-12-15)17-19(3,4)18-16(2)13-9-6-10-14-16/h5-14H2,1-4H3. The van der Waals surface area contributed by atoms with Gasteiger partial charge in [0.1, 0.15) is 0 Å². The molecule has 2 fully saturated rings. The molecule has 2 aliphatic carbocycles. The van der Waals surface area contributed by atoms with Crippen molar-refractivity contribution < 1.29 is 8.85 Å². The average Bonchev–Trinajstić information content (AvgIpc) is 2.27. The van der Waals surface area contributed by atoms with Gasteiger partial charge in [0.05, 0.1) is 11.2 Å². The van der Waals surface area contributed by atoms with Gasteiger partial charge in [-0.1, -0.05) is 38.5 Å². The van der Waals surface area contributed by atoms with Crippen molar-refractivity contribution in [3.63, 3.8) is 0 Å². The molecule has 0 aromatic heterocycles. The van der Waals surface area contributed by atoms with Gasteiger partial charge in [-0.25, -0.2) is 0 Å². The Labute approximate surface area is 120 Å². The van der Waals surface area contributed by atoms with Gasteiger partial charge >= 0.3 is 8.56 Å². The van der Waals surface area contributed by atoms with Crippen LogP contribution in [0.4, 0.5) is 0 Å². The lowest BCUT2D eigenvalue weighted by atomic mass is 9.87. The Kier molecular flexibility index (Phi) is 4.79. The number of hydrogen-bond acceptors (Lipinski definition) is 2. The van der Waals surface area contributed by atoms with Crippen molar-refractivity contribution in [3.8, 4) is 0 Å². The Morgan fingerprint density at radius 2 is 0.947 bits per heavy atom. The summed E-state index contributed by atoms with van der Waals surface area (Å²) in [7, 11) is -2.02. The van der Waals surface area contributed by atoms with E-state index in [0.29, 0.717) is 0 Å². The minimum absolute atomic E-state index is 0.0823. The monoisotopic (exact) mass is 284 g/mol. The summed E-state index contributed by atoms with van der Waals surface area (Å²) in [6.07, 6.45) is 12.9. The van der Waals surface area contributed by atoms with E-state index in [0.717, 1.165) is 0 Å². The molecule has 0 saturated heterocycles. The summed E-state index contributed by atoms with van der Waals surface area (Å²) in [5.74, 6) is 0. The topological polar surface area (TPSA) is 18.5 Å². The molecule has 0 spiro atoms. The van der Waals surface area contributed by atoms with Crippen molar-refractivity contribution in [2.45, 2.75) is 102 Å². The van der Waals surface area contributed by atoms with E-state index in [2.05, 4.69) is 26.9 Å². The van der Waals surface area contributed by atoms with E-state index >= 15 is 0 Å². The van der Waals surface area contributed by atoms with Crippen molar-refractivity contribution >= 4 is 8.56 Å². The fourth-order valence-corrected chi connectivity index (χ4v) is 6.83. The highest BCUT2D eigenvalue weighted by Crippen LogP contribution is 2.38. The zero-order chi connectivity index (χ0) is 14.0. The highest BCUT2D eigenvalue weighted by Gasteiger charge is 2.42. The van der Waals surface area contributed by atoms with Crippen molar-refractivity contribution in [1.29, 1.82) is 0 Å². The zero-order valence-corrected chi connectivity index (χ0v) is 14.4. The molecule has 0 bridgehead atoms. The highest BCUT2D eigenvalue weighted by atomic mass is 28.4. The minimum atomic E-state index is -2.02. The fraction of sp³-hybridized carbons (Fsp3) is 1.00. The van der Waals surface area contributed by atoms with Crippen LogP contribution in [0.25, 0.3) is 0 Å². The lowest BCUT2D eigenvalue weighted by Gasteiger charge is -2.45. The maximum absolute atomic E-state index is 6.55. The average molecular weight is 285 g/mol. The van der Waals surface area contributed by atoms with E-state index in [1.807, 2.05) is 0 Å². The molecule has 2 nitrogen and oxygen atoms in total. The van der Waals surface area contributed by atoms with Crippen LogP contribution in [0.2, 0.25) is 13.1 Å². The molecular formula is C16H32O2Si. The van der Waals surface area contributed by atoms with Gasteiger partial charge in [-0.2, -0.15) is 0 Å². The Hall–Kier alpha value is 0.137. The molecule has 3 heteroatoms. The second kappa shape index (κ2) is 5.86. The van der Waals surface area contributed by atoms with Gasteiger partial charge in [0, 0.05) is 0 Å². The van der Waals surface area contributed by atoms with Crippen LogP contribution in [-0.4, -0.2) is 19.8 Å². The maximum Gasteiger partial charge on any atom is 0.332 e. The summed E-state index contributed by atoms with van der Waals surface area (Å²) < 4.78 is 13.1. The molecule has 0 unspecified atom stereocenters. The summed E-state index contributed by atoms with van der Waals surface area (Å²) in [5.41, 5.74) is 0.165. The van der Waals surface area contributed by atoms with E-state index in [9.17, 15) is 0 Å². The van der Waals surface area contributed by atoms with Gasteiger partial charge in [0.25, 0.3) is 0 Å². The van der Waals surface area contributed by atoms with E-state index in [1.54, 1.807) is 0 Å². The van der Waals surface area contributed by atoms with Gasteiger partial charge in [-0.05, 0) is 52.6 Å². The number of rotatable bonds is 4. The molecule has 2 rings (SSSR count). The quantitative estimate of drug-likeness (QED) is 0.663. The highest BCUT2D eigenvalue weighted by molar-refractivity contribution is 6.64. The van der Waals surface area contributed by atoms with Crippen LogP contribution in [-0.2, 0) is 8.85 Å². The van der Waals surface area contributed by atoms with Gasteiger partial charge in [0.15, 0.2) is 0 Å². The van der Waals surface area contributed by atoms with Gasteiger partial charge in [-0.3, -0.25) is 0 Å². The molecular weight excluding hydrogens is 252 g/mol. The molecule has 0 radical (unpaired) electrons. The third kappa shape index (κ3) is 4.57. The first-order valence-corrected chi connectivity index (χ1v) is 11.0. The first-order chi connectivity index (χ1) is 8.83. The number of hydrogen-bond donors (Lipinski definition) is 0. The van der Waals surface area contributed by atoms with Gasteiger partial charge in [0.2, 0.25) is 0 Å². The Balaban J connectivity index is 1.93. The molecule has 0 heterocycles. The van der Waals surface area contributed by atoms with E-state index in [4.69, 9.17) is 8.85 Å². The van der Waals surface area contributed by atoms with E-state index < -0.39 is 8.56 Å². The normalized spacial score (nSPS) is 27.2. The minimum Gasteiger partial charge on any atom is -0.389 e. The molecule has 0 amide bonds. The predicted octanol–water partition coefficient (Wildman–Crippen LogP) is 5.17. The first kappa shape index (κ1) is 15.5. The van der Waals surface area contributed by atoms with E-state index in [1.165, 1.54) is 64.2 Å². The molecule has 0 aliphatic heterocycles. The molecule has 0 aromatic carbocycles. The summed E-state index contributed by atoms with van der Waals surface area (Å²) in [6, 6.07) is 0. The summed E-state index contributed by atoms with van der Waals surface area (Å²) >= 11 is 0. The van der Waals surface area contributed by atoms with Crippen molar-refractivity contribution in [3.05, 3.63) is 0 Å². The van der Waals surface area contributed by atoms with Crippen LogP contribution in [0.1, 0.15) is 78.1 Å². The molecule has 0 aromatic rings. The second-order valence-corrected chi connectivity index (χ2v) is 10.8. The summed E-state index contributed by atoms with van der Waals surface area (Å²) in [6.45, 7) is 9.08. The van der Waals surface area contributed by atoms with Crippen LogP contribution in [0, 0.1) is 0 Å². The summed E-state index contributed by atoms with van der Waals surface area (Å²) in [4.78, 5) is 0. The van der Waals surface area contributed by atoms with Gasteiger partial charge in [-0.15, -0.1) is 0 Å². The molecule has 0 atom stereocenters. The molecule has 112 valence electrons. The summed E-state index contributed by atoms with van der Waals surface area (Å²) in [5, 5.41) is 0. The fourth-order valence-electron chi connectivity index (χ4n) is 4.01. The smallest absolute Gasteiger partial charge is 0.332 e. The lowest BCUT2D eigenvalue weighted by molar-refractivity contribution is -0.0394. The van der Waals surface area contributed by atoms with Crippen LogP contribution >= 0.6 is 0 Å². The maximum atomic E-state index is 6.55. The molecule has 2 aliphatic rings. The molecule has 0 N–H and O–H groups in total. The second-order valence-electron chi connectivity index (χ2n) is 7.63. The largest absolute Gasteiger partial charge is 0.389 e. The third-order valence-electron chi connectivity index (χ3n) is 4.81. The molecule has 19 heavy (non-hydrogen) atoms. The van der Waals surface area contributed by atoms with Gasteiger partial charge < -0.3 is 8.85 Å². The SMILES string of the molecule is CC1(O[Si](C)(C)OC2(C)CCCCC2)CCCCC1. The molecule has 2 saturated carbocycles. The third-order valence-corrected chi connectivity index (χ3v) is 6.78.